The number of aliphatic hydroxyl groups excluding tert-OH is 1. The number of unbranched alkanes of at least 4 members (excludes halogenated alkanes) is 1. The van der Waals surface area contributed by atoms with Gasteiger partial charge in [0.2, 0.25) is 5.88 Å². The second-order valence-electron chi connectivity index (χ2n) is 13.7. The van der Waals surface area contributed by atoms with Gasteiger partial charge in [0.05, 0.1) is 0 Å². The minimum absolute atomic E-state index is 0.0642. The van der Waals surface area contributed by atoms with Crippen LogP contribution in [0.5, 0.6) is 5.88 Å². The zero-order valence-electron chi connectivity index (χ0n) is 25.9. The maximum absolute atomic E-state index is 13.4. The predicted molar refractivity (Wildman–Crippen MR) is 162 cm³/mol. The fourth-order valence-corrected chi connectivity index (χ4v) is 6.48. The summed E-state index contributed by atoms with van der Waals surface area (Å²) in [6, 6.07) is 0.0652. The van der Waals surface area contributed by atoms with Crippen molar-refractivity contribution in [3.63, 3.8) is 0 Å². The van der Waals surface area contributed by atoms with Crippen molar-refractivity contribution in [1.29, 1.82) is 5.41 Å². The molecule has 0 bridgehead atoms. The minimum Gasteiger partial charge on any atom is -0.494 e. The number of nitrogens with one attached hydrogen (secondary N) is 1. The predicted octanol–water partition coefficient (Wildman–Crippen LogP) is 2.25. The first kappa shape index (κ1) is 33.5. The van der Waals surface area contributed by atoms with Gasteiger partial charge in [-0.25, -0.2) is 14.5 Å². The van der Waals surface area contributed by atoms with Gasteiger partial charge in [0.25, 0.3) is 11.5 Å². The molecule has 1 aromatic heterocycles. The fourth-order valence-electron chi connectivity index (χ4n) is 5.73. The number of hydrogen-bond acceptors (Lipinski definition) is 8. The smallest absolute Gasteiger partial charge is 0.334 e. The normalized spacial score (nSPS) is 22.7. The van der Waals surface area contributed by atoms with Gasteiger partial charge in [0.1, 0.15) is 23.7 Å². The van der Waals surface area contributed by atoms with Gasteiger partial charge < -0.3 is 25.6 Å². The Morgan fingerprint density at radius 3 is 2.26 bits per heavy atom. The van der Waals surface area contributed by atoms with Crippen LogP contribution in [0.1, 0.15) is 70.9 Å². The van der Waals surface area contributed by atoms with E-state index in [0.29, 0.717) is 51.7 Å². The highest BCUT2D eigenvalue weighted by Gasteiger charge is 2.53. The van der Waals surface area contributed by atoms with Crippen molar-refractivity contribution in [3.8, 4) is 5.88 Å². The van der Waals surface area contributed by atoms with E-state index >= 15 is 0 Å². The molecule has 2 heterocycles. The van der Waals surface area contributed by atoms with Gasteiger partial charge in [0, 0.05) is 40.4 Å². The largest absolute Gasteiger partial charge is 0.494 e. The number of hydrogen-bond donors (Lipinski definition) is 4. The molecule has 1 saturated carbocycles. The molecule has 1 aromatic rings. The summed E-state index contributed by atoms with van der Waals surface area (Å²) in [5, 5.41) is 27.6. The molecular formula is C28H48N6O7Si. The highest BCUT2D eigenvalue weighted by molar-refractivity contribution is 6.76. The molecule has 236 valence electrons. The molecule has 42 heavy (non-hydrogen) atoms. The minimum atomic E-state index is -1.31. The third-order valence-corrected chi connectivity index (χ3v) is 10.3. The van der Waals surface area contributed by atoms with Crippen LogP contribution in [0.3, 0.4) is 0 Å². The number of aliphatic hydroxyl groups is 1. The van der Waals surface area contributed by atoms with Crippen molar-refractivity contribution in [2.45, 2.75) is 103 Å². The first-order chi connectivity index (χ1) is 19.4. The van der Waals surface area contributed by atoms with Crippen molar-refractivity contribution in [2.75, 3.05) is 26.5 Å². The Labute approximate surface area is 247 Å². The van der Waals surface area contributed by atoms with Crippen LogP contribution < -0.4 is 17.0 Å². The number of carbonyl (C=O) groups excluding carboxylic acids is 2. The average Bonchev–Trinajstić information content (AvgIpc) is 3.03. The quantitative estimate of drug-likeness (QED) is 0.0864. The maximum Gasteiger partial charge on any atom is 0.334 e. The number of nitrogen functional groups attached to an aromatic ring is 1. The highest BCUT2D eigenvalue weighted by Crippen LogP contribution is 2.43. The molecule has 0 unspecified atom stereocenters. The van der Waals surface area contributed by atoms with E-state index in [1.54, 1.807) is 18.7 Å². The van der Waals surface area contributed by atoms with Crippen LogP contribution >= 0.6 is 0 Å². The summed E-state index contributed by atoms with van der Waals surface area (Å²) in [6.45, 7) is 13.0. The number of urea groups is 1. The number of rotatable bonds is 13. The molecule has 2 fully saturated rings. The third-order valence-electron chi connectivity index (χ3n) is 8.60. The molecule has 1 aliphatic heterocycles. The van der Waals surface area contributed by atoms with Gasteiger partial charge in [-0.1, -0.05) is 26.6 Å². The van der Waals surface area contributed by atoms with Crippen molar-refractivity contribution < 1.29 is 24.5 Å². The van der Waals surface area contributed by atoms with Crippen molar-refractivity contribution in [2.24, 2.45) is 11.1 Å². The number of nitrogens with two attached hydrogens (primary N) is 1. The average molecular weight is 609 g/mol. The molecule has 3 amide bonds. The Morgan fingerprint density at radius 1 is 1.10 bits per heavy atom. The number of carbonyl (C=O) groups is 2. The second kappa shape index (κ2) is 12.7. The molecule has 1 aliphatic carbocycles. The summed E-state index contributed by atoms with van der Waals surface area (Å²) in [6.07, 6.45) is 2.84. The Balaban J connectivity index is 1.77. The van der Waals surface area contributed by atoms with Crippen LogP contribution in [0.2, 0.25) is 25.7 Å². The molecule has 14 heteroatoms. The lowest BCUT2D eigenvalue weighted by atomic mass is 9.73. The zero-order valence-corrected chi connectivity index (χ0v) is 26.9. The summed E-state index contributed by atoms with van der Waals surface area (Å²) in [5.41, 5.74) is 2.31. The number of aromatic nitrogens is 2. The molecule has 0 radical (unpaired) electrons. The Bertz CT molecular complexity index is 1310. The van der Waals surface area contributed by atoms with Crippen molar-refractivity contribution >= 4 is 25.8 Å². The van der Waals surface area contributed by atoms with Gasteiger partial charge >= 0.3 is 11.7 Å². The number of aromatic hydroxyl groups is 1. The molecule has 2 aliphatic rings. The van der Waals surface area contributed by atoms with Crippen molar-refractivity contribution in [3.05, 3.63) is 26.4 Å². The summed E-state index contributed by atoms with van der Waals surface area (Å²) < 4.78 is 7.85. The summed E-state index contributed by atoms with van der Waals surface area (Å²) >= 11 is 0. The van der Waals surface area contributed by atoms with Gasteiger partial charge in [-0.15, -0.1) is 0 Å². The van der Waals surface area contributed by atoms with Crippen LogP contribution in [0.25, 0.3) is 0 Å². The van der Waals surface area contributed by atoms with E-state index in [1.807, 2.05) is 6.92 Å². The standard InChI is InChI=1S/C28H48N6O7Si/c1-27(2)24(38)32(18-41-15-16-42(4,5)6)25(39)33(27)17-28(3)11-9-19(10-12-28)34-23(37)20(21(29)30)22(36)31(26(34)40)13-7-8-14-35/h19,35-36H,7-18H2,1-6H3,(H3,29,30). The summed E-state index contributed by atoms with van der Waals surface area (Å²) in [4.78, 5) is 56.0. The van der Waals surface area contributed by atoms with Gasteiger partial charge in [0.15, 0.2) is 0 Å². The molecule has 0 spiro atoms. The Hall–Kier alpha value is -2.97. The fraction of sp³-hybridized carbons (Fsp3) is 0.750. The molecule has 0 aromatic carbocycles. The molecular weight excluding hydrogens is 560 g/mol. The van der Waals surface area contributed by atoms with Crippen LogP contribution in [-0.4, -0.2) is 87.0 Å². The van der Waals surface area contributed by atoms with E-state index in [4.69, 9.17) is 21.0 Å². The maximum atomic E-state index is 13.4. The summed E-state index contributed by atoms with van der Waals surface area (Å²) in [7, 11) is -1.31. The van der Waals surface area contributed by atoms with E-state index in [-0.39, 0.29) is 37.2 Å². The van der Waals surface area contributed by atoms with Gasteiger partial charge in [-0.3, -0.25) is 24.1 Å². The highest BCUT2D eigenvalue weighted by atomic mass is 28.3. The molecule has 0 atom stereocenters. The lowest BCUT2D eigenvalue weighted by molar-refractivity contribution is -0.135. The van der Waals surface area contributed by atoms with E-state index in [9.17, 15) is 24.3 Å². The SMILES string of the molecule is CC1(CN2C(=O)N(COCC[Si](C)(C)C)C(=O)C2(C)C)CCC(n2c(=O)c(C(=N)N)c(O)n(CCCCO)c2=O)CC1. The molecule has 5 N–H and O–H groups in total. The third kappa shape index (κ3) is 6.97. The zero-order chi connectivity index (χ0) is 31.6. The van der Waals surface area contributed by atoms with E-state index in [1.165, 1.54) is 4.90 Å². The molecule has 1 saturated heterocycles. The Morgan fingerprint density at radius 2 is 1.71 bits per heavy atom. The number of ether oxygens (including phenoxy) is 1. The lowest BCUT2D eigenvalue weighted by Gasteiger charge is -2.42. The number of nitrogens with zero attached hydrogens (tertiary/aromatic N) is 4. The number of amidine groups is 1. The Kier molecular flexibility index (Phi) is 10.2. The first-order valence-electron chi connectivity index (χ1n) is 14.7. The van der Waals surface area contributed by atoms with E-state index in [2.05, 4.69) is 19.6 Å². The van der Waals surface area contributed by atoms with Crippen LogP contribution in [0.15, 0.2) is 9.59 Å². The lowest BCUT2D eigenvalue weighted by Crippen LogP contribution is -2.50. The number of imide groups is 1. The second-order valence-corrected chi connectivity index (χ2v) is 19.3. The molecule has 13 nitrogen and oxygen atoms in total. The topological polar surface area (TPSA) is 184 Å². The van der Waals surface area contributed by atoms with Gasteiger partial charge in [-0.2, -0.15) is 0 Å². The van der Waals surface area contributed by atoms with Crippen molar-refractivity contribution in [1.82, 2.24) is 18.9 Å². The van der Waals surface area contributed by atoms with E-state index in [0.717, 1.165) is 15.2 Å². The monoisotopic (exact) mass is 608 g/mol. The number of amides is 3. The first-order valence-corrected chi connectivity index (χ1v) is 18.4. The van der Waals surface area contributed by atoms with Gasteiger partial charge in [-0.05, 0) is 63.8 Å². The van der Waals surface area contributed by atoms with Crippen LogP contribution in [0.4, 0.5) is 4.79 Å². The van der Waals surface area contributed by atoms with Crippen LogP contribution in [0, 0.1) is 10.8 Å². The van der Waals surface area contributed by atoms with E-state index < -0.39 is 48.2 Å². The summed E-state index contributed by atoms with van der Waals surface area (Å²) in [5.74, 6) is -1.57. The van der Waals surface area contributed by atoms with Crippen LogP contribution in [-0.2, 0) is 16.1 Å². The molecule has 3 rings (SSSR count).